The fraction of sp³-hybridized carbons (Fsp3) is 0.444. The number of nitrogens with zero attached hydrogens (tertiary/aromatic N) is 2. The van der Waals surface area contributed by atoms with Crippen LogP contribution in [0.2, 0.25) is 0 Å². The topological polar surface area (TPSA) is 46.3 Å². The molecule has 4 nitrogen and oxygen atoms in total. The van der Waals surface area contributed by atoms with Gasteiger partial charge in [0.15, 0.2) is 0 Å². The molecule has 2 heterocycles. The number of amides is 1. The number of carbonyl (C=O) groups is 1. The molecule has 0 radical (unpaired) electrons. The number of carbonyl (C=O) groups excluding carboxylic acids is 1. The zero-order valence-corrected chi connectivity index (χ0v) is 13.5. The second-order valence-corrected chi connectivity index (χ2v) is 6.03. The number of benzene rings is 1. The van der Waals surface area contributed by atoms with Crippen molar-refractivity contribution in [3.63, 3.8) is 0 Å². The van der Waals surface area contributed by atoms with E-state index in [-0.39, 0.29) is 5.91 Å². The van der Waals surface area contributed by atoms with Crippen LogP contribution in [0.1, 0.15) is 41.0 Å². The molecule has 116 valence electrons. The van der Waals surface area contributed by atoms with Crippen LogP contribution in [-0.2, 0) is 17.6 Å². The molecular weight excluding hydrogens is 276 g/mol. The molecular formula is C18H22N2O2. The highest BCUT2D eigenvalue weighted by atomic mass is 16.5. The van der Waals surface area contributed by atoms with E-state index in [1.807, 2.05) is 18.7 Å². The molecule has 0 unspecified atom stereocenters. The summed E-state index contributed by atoms with van der Waals surface area (Å²) in [5.74, 6) is 1.01. The fourth-order valence-corrected chi connectivity index (χ4v) is 3.32. The van der Waals surface area contributed by atoms with Crippen molar-refractivity contribution in [2.45, 2.75) is 46.5 Å². The molecule has 0 saturated carbocycles. The normalized spacial score (nSPS) is 14.0. The summed E-state index contributed by atoms with van der Waals surface area (Å²) in [6.45, 7) is 6.73. The second-order valence-electron chi connectivity index (χ2n) is 6.03. The van der Waals surface area contributed by atoms with E-state index in [1.54, 1.807) is 0 Å². The Kier molecular flexibility index (Phi) is 4.01. The number of rotatable bonds is 3. The number of hydrogen-bond donors (Lipinski definition) is 0. The summed E-state index contributed by atoms with van der Waals surface area (Å²) >= 11 is 0. The van der Waals surface area contributed by atoms with Crippen LogP contribution < -0.4 is 4.90 Å². The number of hydrogen-bond acceptors (Lipinski definition) is 3. The van der Waals surface area contributed by atoms with E-state index in [9.17, 15) is 4.79 Å². The first kappa shape index (κ1) is 14.8. The SMILES string of the molecule is Cc1cccc2c1N(C(=O)CCc1c(C)noc1C)CCC2. The molecule has 0 saturated heterocycles. The maximum atomic E-state index is 12.7. The van der Waals surface area contributed by atoms with Gasteiger partial charge in [-0.2, -0.15) is 0 Å². The number of aryl methyl sites for hydroxylation is 4. The third kappa shape index (κ3) is 2.65. The summed E-state index contributed by atoms with van der Waals surface area (Å²) in [5, 5.41) is 3.96. The van der Waals surface area contributed by atoms with Gasteiger partial charge >= 0.3 is 0 Å². The minimum Gasteiger partial charge on any atom is -0.361 e. The monoisotopic (exact) mass is 298 g/mol. The van der Waals surface area contributed by atoms with Crippen LogP contribution in [0.4, 0.5) is 5.69 Å². The minimum absolute atomic E-state index is 0.190. The Morgan fingerprint density at radius 2 is 2.14 bits per heavy atom. The van der Waals surface area contributed by atoms with Gasteiger partial charge in [-0.05, 0) is 51.2 Å². The number of aromatic nitrogens is 1. The zero-order chi connectivity index (χ0) is 15.7. The van der Waals surface area contributed by atoms with Crippen LogP contribution in [0.25, 0.3) is 0 Å². The predicted octanol–water partition coefficient (Wildman–Crippen LogP) is 3.51. The molecule has 22 heavy (non-hydrogen) atoms. The molecule has 4 heteroatoms. The van der Waals surface area contributed by atoms with Crippen LogP contribution in [-0.4, -0.2) is 17.6 Å². The van der Waals surface area contributed by atoms with Gasteiger partial charge < -0.3 is 9.42 Å². The highest BCUT2D eigenvalue weighted by molar-refractivity contribution is 5.95. The molecule has 1 aliphatic rings. The molecule has 1 aromatic carbocycles. The van der Waals surface area contributed by atoms with Gasteiger partial charge in [-0.15, -0.1) is 0 Å². The van der Waals surface area contributed by atoms with E-state index in [0.717, 1.165) is 42.1 Å². The van der Waals surface area contributed by atoms with E-state index < -0.39 is 0 Å². The molecule has 3 rings (SSSR count). The number of fused-ring (bicyclic) bond motifs is 1. The third-order valence-corrected chi connectivity index (χ3v) is 4.49. The summed E-state index contributed by atoms with van der Waals surface area (Å²) in [6.07, 6.45) is 3.28. The molecule has 2 aromatic rings. The van der Waals surface area contributed by atoms with Crippen molar-refractivity contribution < 1.29 is 9.32 Å². The van der Waals surface area contributed by atoms with E-state index in [2.05, 4.69) is 30.3 Å². The lowest BCUT2D eigenvalue weighted by Crippen LogP contribution is -2.36. The van der Waals surface area contributed by atoms with Crippen molar-refractivity contribution in [2.24, 2.45) is 0 Å². The van der Waals surface area contributed by atoms with Crippen LogP contribution in [0, 0.1) is 20.8 Å². The molecule has 0 spiro atoms. The lowest BCUT2D eigenvalue weighted by molar-refractivity contribution is -0.118. The molecule has 0 bridgehead atoms. The Labute approximate surface area is 131 Å². The Balaban J connectivity index is 1.77. The van der Waals surface area contributed by atoms with E-state index in [1.165, 1.54) is 11.1 Å². The van der Waals surface area contributed by atoms with Crippen LogP contribution >= 0.6 is 0 Å². The predicted molar refractivity (Wildman–Crippen MR) is 86.2 cm³/mol. The van der Waals surface area contributed by atoms with E-state index >= 15 is 0 Å². The van der Waals surface area contributed by atoms with Crippen molar-refractivity contribution >= 4 is 11.6 Å². The number of anilines is 1. The molecule has 0 aliphatic carbocycles. The summed E-state index contributed by atoms with van der Waals surface area (Å²) < 4.78 is 5.17. The maximum absolute atomic E-state index is 12.7. The van der Waals surface area contributed by atoms with Gasteiger partial charge in [0, 0.05) is 24.2 Å². The summed E-state index contributed by atoms with van der Waals surface area (Å²) in [6, 6.07) is 6.29. The quantitative estimate of drug-likeness (QED) is 0.871. The first-order chi connectivity index (χ1) is 10.6. The van der Waals surface area contributed by atoms with Gasteiger partial charge in [-0.3, -0.25) is 4.79 Å². The third-order valence-electron chi connectivity index (χ3n) is 4.49. The first-order valence-corrected chi connectivity index (χ1v) is 7.88. The highest BCUT2D eigenvalue weighted by Crippen LogP contribution is 2.31. The lowest BCUT2D eigenvalue weighted by atomic mass is 9.97. The van der Waals surface area contributed by atoms with Gasteiger partial charge in [0.25, 0.3) is 0 Å². The van der Waals surface area contributed by atoms with E-state index in [0.29, 0.717) is 12.8 Å². The lowest BCUT2D eigenvalue weighted by Gasteiger charge is -2.31. The zero-order valence-electron chi connectivity index (χ0n) is 13.5. The summed E-state index contributed by atoms with van der Waals surface area (Å²) in [7, 11) is 0. The molecule has 0 fully saturated rings. The Hall–Kier alpha value is -2.10. The fourth-order valence-electron chi connectivity index (χ4n) is 3.32. The van der Waals surface area contributed by atoms with Gasteiger partial charge in [-0.1, -0.05) is 23.4 Å². The summed E-state index contributed by atoms with van der Waals surface area (Å²) in [4.78, 5) is 14.7. The van der Waals surface area contributed by atoms with Crippen molar-refractivity contribution in [2.75, 3.05) is 11.4 Å². The largest absolute Gasteiger partial charge is 0.361 e. The van der Waals surface area contributed by atoms with E-state index in [4.69, 9.17) is 4.52 Å². The number of para-hydroxylation sites is 1. The molecule has 0 N–H and O–H groups in total. The van der Waals surface area contributed by atoms with Crippen LogP contribution in [0.15, 0.2) is 22.7 Å². The standard InChI is InChI=1S/C18H22N2O2/c1-12-6-4-7-15-8-5-11-20(18(12)15)17(21)10-9-16-13(2)19-22-14(16)3/h4,6-7H,5,8-11H2,1-3H3. The van der Waals surface area contributed by atoms with Gasteiger partial charge in [0.1, 0.15) is 5.76 Å². The molecule has 1 aliphatic heterocycles. The van der Waals surface area contributed by atoms with Crippen molar-refractivity contribution in [1.82, 2.24) is 5.16 Å². The minimum atomic E-state index is 0.190. The van der Waals surface area contributed by atoms with Gasteiger partial charge in [0.2, 0.25) is 5.91 Å². The molecule has 1 aromatic heterocycles. The Bertz CT molecular complexity index is 684. The second kappa shape index (κ2) is 5.95. The Morgan fingerprint density at radius 1 is 1.32 bits per heavy atom. The van der Waals surface area contributed by atoms with Crippen molar-refractivity contribution in [3.05, 3.63) is 46.3 Å². The van der Waals surface area contributed by atoms with Crippen LogP contribution in [0.5, 0.6) is 0 Å². The molecule has 0 atom stereocenters. The van der Waals surface area contributed by atoms with Crippen molar-refractivity contribution in [1.29, 1.82) is 0 Å². The summed E-state index contributed by atoms with van der Waals surface area (Å²) in [5.41, 5.74) is 5.55. The van der Waals surface area contributed by atoms with Gasteiger partial charge in [0.05, 0.1) is 5.69 Å². The van der Waals surface area contributed by atoms with Crippen molar-refractivity contribution in [3.8, 4) is 0 Å². The maximum Gasteiger partial charge on any atom is 0.227 e. The highest BCUT2D eigenvalue weighted by Gasteiger charge is 2.24. The average Bonchev–Trinajstić information content (AvgIpc) is 2.83. The van der Waals surface area contributed by atoms with Gasteiger partial charge in [-0.25, -0.2) is 0 Å². The Morgan fingerprint density at radius 3 is 2.86 bits per heavy atom. The van der Waals surface area contributed by atoms with Crippen LogP contribution in [0.3, 0.4) is 0 Å². The first-order valence-electron chi connectivity index (χ1n) is 7.88. The smallest absolute Gasteiger partial charge is 0.227 e. The molecule has 1 amide bonds. The average molecular weight is 298 g/mol.